The van der Waals surface area contributed by atoms with Crippen LogP contribution in [0.1, 0.15) is 19.3 Å². The maximum Gasteiger partial charge on any atom is 0.264 e. The van der Waals surface area contributed by atoms with E-state index >= 15 is 0 Å². The lowest BCUT2D eigenvalue weighted by molar-refractivity contribution is 0.202. The van der Waals surface area contributed by atoms with E-state index in [1.807, 2.05) is 30.3 Å². The monoisotopic (exact) mass is 455 g/mol. The molecule has 0 aliphatic carbocycles. The Kier molecular flexibility index (Phi) is 4.19. The van der Waals surface area contributed by atoms with Gasteiger partial charge in [0.25, 0.3) is 5.56 Å². The maximum absolute atomic E-state index is 14.8. The maximum atomic E-state index is 14.8. The highest BCUT2D eigenvalue weighted by atomic mass is 35.5. The van der Waals surface area contributed by atoms with Crippen LogP contribution in [0, 0.1) is 0 Å². The van der Waals surface area contributed by atoms with Gasteiger partial charge in [0.05, 0.1) is 22.0 Å². The summed E-state index contributed by atoms with van der Waals surface area (Å²) in [6, 6.07) is 3.03. The van der Waals surface area contributed by atoms with Crippen molar-refractivity contribution in [2.45, 2.75) is 43.6 Å². The van der Waals surface area contributed by atoms with Crippen LogP contribution in [0.3, 0.4) is 0 Å². The summed E-state index contributed by atoms with van der Waals surface area (Å²) in [6.45, 7) is 0. The molecule has 32 heavy (non-hydrogen) atoms. The number of aromatic nitrogens is 5. The standard InChI is InChI=1S/C22H23ClFN7O/c1-29-9-13-15(28-29)5-4-11(18(13)23)12-8-26-20-17(12)21(32)30(2)22(27-20)31-10-3-6-16(31)19(24)14(25)7-10/h4-5,8-10,14,16,19,26H,3,6-7,25H2,1-2H3/t10-,14+,16+,19-/m1/s1. The van der Waals surface area contributed by atoms with Crippen LogP contribution in [0.5, 0.6) is 0 Å². The molecule has 5 heterocycles. The third-order valence-electron chi connectivity index (χ3n) is 7.02. The van der Waals surface area contributed by atoms with Crippen LogP contribution in [0.2, 0.25) is 5.02 Å². The number of halogens is 2. The average Bonchev–Trinajstić information content (AvgIpc) is 3.44. The molecule has 4 atom stereocenters. The molecule has 0 radical (unpaired) electrons. The number of fused-ring (bicyclic) bond motifs is 4. The number of rotatable bonds is 2. The Balaban J connectivity index is 1.52. The second-order valence-corrected chi connectivity index (χ2v) is 9.29. The van der Waals surface area contributed by atoms with Crippen molar-refractivity contribution in [3.8, 4) is 11.1 Å². The largest absolute Gasteiger partial charge is 0.345 e. The molecule has 0 saturated carbocycles. The number of nitrogens with two attached hydrogens (primary N) is 1. The molecular weight excluding hydrogens is 433 g/mol. The van der Waals surface area contributed by atoms with E-state index in [-0.39, 0.29) is 17.6 Å². The first-order valence-corrected chi connectivity index (χ1v) is 11.1. The van der Waals surface area contributed by atoms with Crippen molar-refractivity contribution in [3.05, 3.63) is 39.9 Å². The lowest BCUT2D eigenvalue weighted by Gasteiger charge is -2.41. The van der Waals surface area contributed by atoms with Gasteiger partial charge in [-0.2, -0.15) is 10.1 Å². The zero-order valence-corrected chi connectivity index (χ0v) is 18.5. The van der Waals surface area contributed by atoms with Gasteiger partial charge in [0.15, 0.2) is 0 Å². The van der Waals surface area contributed by atoms with Gasteiger partial charge in [0.1, 0.15) is 11.8 Å². The molecule has 3 aromatic heterocycles. The van der Waals surface area contributed by atoms with Gasteiger partial charge in [0.2, 0.25) is 5.95 Å². The summed E-state index contributed by atoms with van der Waals surface area (Å²) in [5, 5.41) is 6.19. The van der Waals surface area contributed by atoms with E-state index in [1.165, 1.54) is 4.57 Å². The number of hydrogen-bond donors (Lipinski definition) is 2. The van der Waals surface area contributed by atoms with Crippen LogP contribution in [-0.4, -0.2) is 48.6 Å². The summed E-state index contributed by atoms with van der Waals surface area (Å²) in [5.41, 5.74) is 8.47. The topological polar surface area (TPSA) is 97.8 Å². The molecule has 1 aromatic carbocycles. The number of nitrogens with zero attached hydrogens (tertiary/aromatic N) is 5. The predicted molar refractivity (Wildman–Crippen MR) is 123 cm³/mol. The van der Waals surface area contributed by atoms with Crippen molar-refractivity contribution in [2.75, 3.05) is 4.90 Å². The summed E-state index contributed by atoms with van der Waals surface area (Å²) in [7, 11) is 3.53. The fraction of sp³-hybridized carbons (Fsp3) is 0.409. The summed E-state index contributed by atoms with van der Waals surface area (Å²) >= 11 is 6.71. The highest BCUT2D eigenvalue weighted by Crippen LogP contribution is 2.40. The van der Waals surface area contributed by atoms with Crippen LogP contribution < -0.4 is 16.2 Å². The number of alkyl halides is 1. The lowest BCUT2D eigenvalue weighted by atomic mass is 9.96. The van der Waals surface area contributed by atoms with Crippen LogP contribution in [0.4, 0.5) is 10.3 Å². The van der Waals surface area contributed by atoms with Gasteiger partial charge in [-0.25, -0.2) is 4.39 Å². The van der Waals surface area contributed by atoms with Crippen molar-refractivity contribution in [3.63, 3.8) is 0 Å². The number of anilines is 1. The molecule has 2 bridgehead atoms. The van der Waals surface area contributed by atoms with E-state index in [4.69, 9.17) is 22.3 Å². The van der Waals surface area contributed by atoms with Crippen LogP contribution in [0.25, 0.3) is 33.1 Å². The van der Waals surface area contributed by atoms with Crippen molar-refractivity contribution in [2.24, 2.45) is 19.8 Å². The van der Waals surface area contributed by atoms with Crippen molar-refractivity contribution in [1.82, 2.24) is 24.3 Å². The Labute approximate surface area is 187 Å². The molecule has 8 nitrogen and oxygen atoms in total. The van der Waals surface area contributed by atoms with Gasteiger partial charge < -0.3 is 15.6 Å². The van der Waals surface area contributed by atoms with Crippen molar-refractivity contribution < 1.29 is 4.39 Å². The third-order valence-corrected chi connectivity index (χ3v) is 7.42. The Morgan fingerprint density at radius 3 is 2.88 bits per heavy atom. The van der Waals surface area contributed by atoms with Crippen LogP contribution >= 0.6 is 11.6 Å². The van der Waals surface area contributed by atoms with Crippen LogP contribution in [0.15, 0.2) is 29.3 Å². The third kappa shape index (κ3) is 2.61. The molecule has 0 amide bonds. The molecule has 0 spiro atoms. The number of aryl methyl sites for hydroxylation is 1. The molecule has 2 fully saturated rings. The molecule has 2 aliphatic heterocycles. The van der Waals surface area contributed by atoms with E-state index in [0.717, 1.165) is 22.9 Å². The van der Waals surface area contributed by atoms with Crippen molar-refractivity contribution in [1.29, 1.82) is 0 Å². The second kappa shape index (κ2) is 6.79. The molecule has 0 unspecified atom stereocenters. The minimum Gasteiger partial charge on any atom is -0.345 e. The minimum absolute atomic E-state index is 0.0921. The Hall–Kier alpha value is -2.91. The predicted octanol–water partition coefficient (Wildman–Crippen LogP) is 2.88. The summed E-state index contributed by atoms with van der Waals surface area (Å²) in [5.74, 6) is 0.478. The number of benzene rings is 1. The Bertz CT molecular complexity index is 1440. The zero-order valence-electron chi connectivity index (χ0n) is 17.7. The first kappa shape index (κ1) is 19.8. The van der Waals surface area contributed by atoms with Crippen molar-refractivity contribution >= 4 is 39.5 Å². The zero-order chi connectivity index (χ0) is 22.3. The van der Waals surface area contributed by atoms with Gasteiger partial charge in [0, 0.05) is 55.1 Å². The number of H-pyrrole nitrogens is 1. The lowest BCUT2D eigenvalue weighted by Crippen LogP contribution is -2.56. The molecule has 3 N–H and O–H groups in total. The minimum atomic E-state index is -1.13. The van der Waals surface area contributed by atoms with Gasteiger partial charge in [-0.15, -0.1) is 0 Å². The number of aromatic amines is 1. The first-order chi connectivity index (χ1) is 15.3. The van der Waals surface area contributed by atoms with Gasteiger partial charge >= 0.3 is 0 Å². The molecule has 2 saturated heterocycles. The van der Waals surface area contributed by atoms with E-state index < -0.39 is 12.2 Å². The van der Waals surface area contributed by atoms with Gasteiger partial charge in [-0.05, 0) is 25.3 Å². The Morgan fingerprint density at radius 1 is 1.25 bits per heavy atom. The number of hydrogen-bond acceptors (Lipinski definition) is 5. The summed E-state index contributed by atoms with van der Waals surface area (Å²) in [4.78, 5) is 23.4. The van der Waals surface area contributed by atoms with Gasteiger partial charge in [-0.3, -0.25) is 14.0 Å². The molecular formula is C22H23ClFN7O. The smallest absolute Gasteiger partial charge is 0.264 e. The van der Waals surface area contributed by atoms with E-state index in [2.05, 4.69) is 10.1 Å². The molecule has 4 aromatic rings. The second-order valence-electron chi connectivity index (χ2n) is 8.91. The van der Waals surface area contributed by atoms with E-state index in [1.54, 1.807) is 17.9 Å². The van der Waals surface area contributed by atoms with E-state index in [9.17, 15) is 9.18 Å². The SMILES string of the molecule is Cn1cc2c(Cl)c(-c3c[nH]c4nc(N5[C@@H]6CC[C@H]5[C@H](F)[C@@H](N)C6)n(C)c(=O)c34)ccc2n1. The van der Waals surface area contributed by atoms with Crippen LogP contribution in [-0.2, 0) is 14.1 Å². The highest BCUT2D eigenvalue weighted by Gasteiger charge is 2.48. The molecule has 10 heteroatoms. The summed E-state index contributed by atoms with van der Waals surface area (Å²) in [6.07, 6.45) is 4.60. The molecule has 2 aliphatic rings. The number of nitrogens with one attached hydrogen (secondary N) is 1. The van der Waals surface area contributed by atoms with Gasteiger partial charge in [-0.1, -0.05) is 17.7 Å². The highest BCUT2D eigenvalue weighted by molar-refractivity contribution is 6.38. The summed E-state index contributed by atoms with van der Waals surface area (Å²) < 4.78 is 18.1. The normalized spacial score (nSPS) is 25.3. The molecule has 166 valence electrons. The first-order valence-electron chi connectivity index (χ1n) is 10.7. The molecule has 6 rings (SSSR count). The quantitative estimate of drug-likeness (QED) is 0.484. The fourth-order valence-electron chi connectivity index (χ4n) is 5.48. The fourth-order valence-corrected chi connectivity index (χ4v) is 5.79. The Morgan fingerprint density at radius 2 is 2.06 bits per heavy atom. The average molecular weight is 456 g/mol. The number of piperidine rings is 1. The van der Waals surface area contributed by atoms with E-state index in [0.29, 0.717) is 40.4 Å².